The smallest absolute Gasteiger partial charge is 0.315 e. The lowest BCUT2D eigenvalue weighted by Gasteiger charge is -2.13. The first-order valence-electron chi connectivity index (χ1n) is 7.18. The maximum absolute atomic E-state index is 11.6. The molecule has 0 aliphatic carbocycles. The number of ether oxygens (including phenoxy) is 1. The molecule has 0 saturated carbocycles. The molecule has 0 fully saturated rings. The van der Waals surface area contributed by atoms with Crippen LogP contribution >= 0.6 is 0 Å². The third kappa shape index (κ3) is 6.68. The van der Waals surface area contributed by atoms with Gasteiger partial charge in [-0.2, -0.15) is 0 Å². The van der Waals surface area contributed by atoms with Crippen molar-refractivity contribution in [2.24, 2.45) is 11.5 Å². The van der Waals surface area contributed by atoms with Gasteiger partial charge in [0.15, 0.2) is 6.04 Å². The maximum Gasteiger partial charge on any atom is 0.315 e. The molecule has 1 aromatic carbocycles. The quantitative estimate of drug-likeness (QED) is 0.486. The molecule has 0 atom stereocenters. The molecular weight excluding hydrogens is 300 g/mol. The van der Waals surface area contributed by atoms with Crippen LogP contribution in [0.15, 0.2) is 24.3 Å². The summed E-state index contributed by atoms with van der Waals surface area (Å²) in [6.07, 6.45) is 0.683. The lowest BCUT2D eigenvalue weighted by Crippen LogP contribution is -2.55. The van der Waals surface area contributed by atoms with E-state index in [2.05, 4.69) is 10.6 Å². The van der Waals surface area contributed by atoms with Crippen molar-refractivity contribution in [1.82, 2.24) is 10.6 Å². The molecule has 23 heavy (non-hydrogen) atoms. The van der Waals surface area contributed by atoms with E-state index < -0.39 is 23.9 Å². The second kappa shape index (κ2) is 8.62. The maximum atomic E-state index is 11.6. The fourth-order valence-corrected chi connectivity index (χ4v) is 1.79. The van der Waals surface area contributed by atoms with Crippen molar-refractivity contribution >= 4 is 17.8 Å². The average molecular weight is 322 g/mol. The Hall–Kier alpha value is -2.77. The Balaban J connectivity index is 2.40. The Morgan fingerprint density at radius 3 is 2.13 bits per heavy atom. The van der Waals surface area contributed by atoms with Crippen LogP contribution in [0.5, 0.6) is 5.75 Å². The van der Waals surface area contributed by atoms with Gasteiger partial charge in [-0.1, -0.05) is 12.1 Å². The molecule has 0 unspecified atom stereocenters. The van der Waals surface area contributed by atoms with Crippen LogP contribution < -0.4 is 26.8 Å². The summed E-state index contributed by atoms with van der Waals surface area (Å²) in [6.45, 7) is 4.21. The second-order valence-corrected chi connectivity index (χ2v) is 5.20. The van der Waals surface area contributed by atoms with E-state index in [-0.39, 0.29) is 6.10 Å². The van der Waals surface area contributed by atoms with Crippen LogP contribution in [0.25, 0.3) is 0 Å². The van der Waals surface area contributed by atoms with E-state index in [1.807, 2.05) is 38.1 Å². The van der Waals surface area contributed by atoms with Crippen molar-refractivity contribution in [2.75, 3.05) is 6.54 Å². The number of nitrogens with one attached hydrogen (secondary N) is 2. The molecule has 126 valence electrons. The highest BCUT2D eigenvalue weighted by Gasteiger charge is 2.23. The first kappa shape index (κ1) is 18.3. The average Bonchev–Trinajstić information content (AvgIpc) is 2.45. The minimum Gasteiger partial charge on any atom is -0.491 e. The predicted molar refractivity (Wildman–Crippen MR) is 84.6 cm³/mol. The van der Waals surface area contributed by atoms with Gasteiger partial charge in [0.1, 0.15) is 5.75 Å². The molecule has 4 amide bonds. The molecule has 0 radical (unpaired) electrons. The monoisotopic (exact) mass is 322 g/mol. The number of hydrogen-bond acceptors (Lipinski definition) is 4. The van der Waals surface area contributed by atoms with Gasteiger partial charge in [0.2, 0.25) is 11.8 Å². The van der Waals surface area contributed by atoms with Crippen molar-refractivity contribution in [1.29, 1.82) is 0 Å². The Labute approximate surface area is 134 Å². The van der Waals surface area contributed by atoms with Crippen LogP contribution in [0.4, 0.5) is 4.79 Å². The topological polar surface area (TPSA) is 137 Å². The molecule has 0 saturated heterocycles. The van der Waals surface area contributed by atoms with E-state index >= 15 is 0 Å². The van der Waals surface area contributed by atoms with E-state index in [0.717, 1.165) is 11.3 Å². The Bertz CT molecular complexity index is 543. The fraction of sp³-hybridized carbons (Fsp3) is 0.400. The number of carbonyl (C=O) groups is 3. The van der Waals surface area contributed by atoms with Gasteiger partial charge in [0.25, 0.3) is 0 Å². The lowest BCUT2D eigenvalue weighted by atomic mass is 10.1. The molecular formula is C15H22N4O4. The zero-order valence-corrected chi connectivity index (χ0v) is 13.2. The van der Waals surface area contributed by atoms with E-state index in [1.165, 1.54) is 0 Å². The number of carbonyl (C=O) groups excluding carboxylic acids is 3. The zero-order chi connectivity index (χ0) is 17.4. The molecule has 0 spiro atoms. The minimum absolute atomic E-state index is 0.106. The number of primary amides is 2. The molecule has 8 nitrogen and oxygen atoms in total. The second-order valence-electron chi connectivity index (χ2n) is 5.20. The van der Waals surface area contributed by atoms with Crippen molar-refractivity contribution in [3.63, 3.8) is 0 Å². The number of hydrogen-bond donors (Lipinski definition) is 4. The molecule has 0 aliphatic heterocycles. The summed E-state index contributed by atoms with van der Waals surface area (Å²) in [5.74, 6) is -1.23. The summed E-state index contributed by atoms with van der Waals surface area (Å²) in [4.78, 5) is 33.5. The van der Waals surface area contributed by atoms with Crippen LogP contribution in [0, 0.1) is 0 Å². The van der Waals surface area contributed by atoms with Crippen LogP contribution in [0.1, 0.15) is 19.4 Å². The third-order valence-corrected chi connectivity index (χ3v) is 2.84. The number of rotatable bonds is 8. The number of nitrogens with two attached hydrogens (primary N) is 2. The highest BCUT2D eigenvalue weighted by atomic mass is 16.5. The standard InChI is InChI=1S/C15H22N4O4/c1-9(2)23-11-5-3-10(4-6-11)7-8-18-15(22)19-12(13(16)20)14(17)21/h3-6,9,12H,7-8H2,1-2H3,(H2,16,20)(H2,17,21)(H2,18,19,22). The van der Waals surface area contributed by atoms with Crippen LogP contribution in [-0.4, -0.2) is 36.5 Å². The summed E-state index contributed by atoms with van der Waals surface area (Å²) in [5.41, 5.74) is 10.9. The SMILES string of the molecule is CC(C)Oc1ccc(CCNC(=O)NC(C(N)=O)C(N)=O)cc1. The van der Waals surface area contributed by atoms with Gasteiger partial charge in [-0.05, 0) is 38.0 Å². The Morgan fingerprint density at radius 1 is 1.09 bits per heavy atom. The summed E-state index contributed by atoms with van der Waals surface area (Å²) in [6, 6.07) is 5.28. The number of amides is 4. The molecule has 6 N–H and O–H groups in total. The highest BCUT2D eigenvalue weighted by molar-refractivity contribution is 6.05. The van der Waals surface area contributed by atoms with Gasteiger partial charge in [-0.3, -0.25) is 9.59 Å². The Kier molecular flexibility index (Phi) is 6.85. The molecule has 0 bridgehead atoms. The normalized spacial score (nSPS) is 10.4. The number of benzene rings is 1. The van der Waals surface area contributed by atoms with Gasteiger partial charge in [-0.25, -0.2) is 4.79 Å². The molecule has 1 rings (SSSR count). The van der Waals surface area contributed by atoms with E-state index in [1.54, 1.807) is 0 Å². The van der Waals surface area contributed by atoms with E-state index in [9.17, 15) is 14.4 Å². The molecule has 0 aliphatic rings. The lowest BCUT2D eigenvalue weighted by molar-refractivity contribution is -0.128. The molecule has 0 heterocycles. The first-order valence-corrected chi connectivity index (χ1v) is 7.18. The van der Waals surface area contributed by atoms with Gasteiger partial charge in [0, 0.05) is 6.54 Å². The van der Waals surface area contributed by atoms with Crippen molar-refractivity contribution in [3.05, 3.63) is 29.8 Å². The van der Waals surface area contributed by atoms with Crippen LogP contribution in [-0.2, 0) is 16.0 Å². The van der Waals surface area contributed by atoms with Crippen molar-refractivity contribution in [2.45, 2.75) is 32.4 Å². The van der Waals surface area contributed by atoms with Crippen molar-refractivity contribution < 1.29 is 19.1 Å². The third-order valence-electron chi connectivity index (χ3n) is 2.84. The fourth-order valence-electron chi connectivity index (χ4n) is 1.79. The van der Waals surface area contributed by atoms with Crippen LogP contribution in [0.3, 0.4) is 0 Å². The predicted octanol–water partition coefficient (Wildman–Crippen LogP) is -0.345. The largest absolute Gasteiger partial charge is 0.491 e. The van der Waals surface area contributed by atoms with Gasteiger partial charge in [-0.15, -0.1) is 0 Å². The van der Waals surface area contributed by atoms with E-state index in [0.29, 0.717) is 13.0 Å². The summed E-state index contributed by atoms with van der Waals surface area (Å²) in [5, 5.41) is 4.64. The zero-order valence-electron chi connectivity index (χ0n) is 13.2. The molecule has 1 aromatic rings. The van der Waals surface area contributed by atoms with Crippen LogP contribution in [0.2, 0.25) is 0 Å². The summed E-state index contributed by atoms with van der Waals surface area (Å²) in [7, 11) is 0. The van der Waals surface area contributed by atoms with Gasteiger partial charge in [0.05, 0.1) is 6.10 Å². The molecule has 8 heteroatoms. The minimum atomic E-state index is -1.53. The highest BCUT2D eigenvalue weighted by Crippen LogP contribution is 2.13. The Morgan fingerprint density at radius 2 is 1.65 bits per heavy atom. The first-order chi connectivity index (χ1) is 10.8. The van der Waals surface area contributed by atoms with E-state index in [4.69, 9.17) is 16.2 Å². The molecule has 0 aromatic heterocycles. The summed E-state index contributed by atoms with van der Waals surface area (Å²) < 4.78 is 5.53. The van der Waals surface area contributed by atoms with Gasteiger partial charge < -0.3 is 26.8 Å². The summed E-state index contributed by atoms with van der Waals surface area (Å²) >= 11 is 0. The van der Waals surface area contributed by atoms with Gasteiger partial charge >= 0.3 is 6.03 Å². The van der Waals surface area contributed by atoms with Crippen molar-refractivity contribution in [3.8, 4) is 5.75 Å². The number of urea groups is 1.